The van der Waals surface area contributed by atoms with Crippen molar-refractivity contribution in [1.82, 2.24) is 9.78 Å². The van der Waals surface area contributed by atoms with E-state index in [4.69, 9.17) is 26.4 Å². The lowest BCUT2D eigenvalue weighted by atomic mass is 10.2. The smallest absolute Gasteiger partial charge is 0.175 e. The Kier molecular flexibility index (Phi) is 7.51. The van der Waals surface area contributed by atoms with Gasteiger partial charge in [0.1, 0.15) is 5.75 Å². The van der Waals surface area contributed by atoms with Gasteiger partial charge in [-0.1, -0.05) is 12.1 Å². The molecule has 0 radical (unpaired) electrons. The SMILES string of the molecule is CCOc1ccc(Cn2cc(NC(=S)Nc3cccc(OC)c3)cn2)cc1OCC. The van der Waals surface area contributed by atoms with Crippen molar-refractivity contribution in [2.24, 2.45) is 0 Å². The van der Waals surface area contributed by atoms with Gasteiger partial charge in [0.05, 0.1) is 38.8 Å². The highest BCUT2D eigenvalue weighted by molar-refractivity contribution is 7.80. The number of ether oxygens (including phenoxy) is 3. The molecular formula is C22H26N4O3S. The highest BCUT2D eigenvalue weighted by atomic mass is 32.1. The molecule has 2 aromatic carbocycles. The van der Waals surface area contributed by atoms with Crippen molar-refractivity contribution in [1.29, 1.82) is 0 Å². The van der Waals surface area contributed by atoms with E-state index in [0.717, 1.165) is 34.2 Å². The number of hydrogen-bond acceptors (Lipinski definition) is 5. The van der Waals surface area contributed by atoms with Gasteiger partial charge < -0.3 is 24.8 Å². The molecule has 1 heterocycles. The van der Waals surface area contributed by atoms with Crippen LogP contribution in [0.1, 0.15) is 19.4 Å². The molecule has 7 nitrogen and oxygen atoms in total. The molecule has 158 valence electrons. The first kappa shape index (κ1) is 21.4. The van der Waals surface area contributed by atoms with Crippen molar-refractivity contribution in [3.63, 3.8) is 0 Å². The van der Waals surface area contributed by atoms with Crippen molar-refractivity contribution >= 4 is 28.7 Å². The summed E-state index contributed by atoms with van der Waals surface area (Å²) in [4.78, 5) is 0. The number of nitrogens with one attached hydrogen (secondary N) is 2. The van der Waals surface area contributed by atoms with Crippen molar-refractivity contribution in [2.75, 3.05) is 31.0 Å². The first-order valence-electron chi connectivity index (χ1n) is 9.74. The van der Waals surface area contributed by atoms with Crippen LogP contribution in [0.5, 0.6) is 17.2 Å². The summed E-state index contributed by atoms with van der Waals surface area (Å²) in [5, 5.41) is 11.2. The molecule has 2 N–H and O–H groups in total. The second-order valence-corrected chi connectivity index (χ2v) is 6.79. The first-order valence-corrected chi connectivity index (χ1v) is 10.1. The molecule has 0 aliphatic carbocycles. The van der Waals surface area contributed by atoms with Gasteiger partial charge >= 0.3 is 0 Å². The van der Waals surface area contributed by atoms with E-state index in [1.165, 1.54) is 0 Å². The predicted molar refractivity (Wildman–Crippen MR) is 123 cm³/mol. The Morgan fingerprint density at radius 1 is 1.00 bits per heavy atom. The topological polar surface area (TPSA) is 69.6 Å². The van der Waals surface area contributed by atoms with Crippen LogP contribution < -0.4 is 24.8 Å². The van der Waals surface area contributed by atoms with E-state index in [0.29, 0.717) is 24.9 Å². The van der Waals surface area contributed by atoms with Gasteiger partial charge in [0.2, 0.25) is 0 Å². The summed E-state index contributed by atoms with van der Waals surface area (Å²) in [5.74, 6) is 2.25. The van der Waals surface area contributed by atoms with E-state index in [-0.39, 0.29) is 0 Å². The number of hydrogen-bond donors (Lipinski definition) is 2. The zero-order valence-corrected chi connectivity index (χ0v) is 18.2. The molecule has 0 spiro atoms. The lowest BCUT2D eigenvalue weighted by Gasteiger charge is -2.12. The van der Waals surface area contributed by atoms with Crippen LogP contribution in [0, 0.1) is 0 Å². The van der Waals surface area contributed by atoms with Gasteiger partial charge in [-0.3, -0.25) is 4.68 Å². The largest absolute Gasteiger partial charge is 0.497 e. The molecule has 0 bridgehead atoms. The average molecular weight is 427 g/mol. The highest BCUT2D eigenvalue weighted by Gasteiger charge is 2.08. The van der Waals surface area contributed by atoms with Gasteiger partial charge in [-0.25, -0.2) is 0 Å². The number of benzene rings is 2. The van der Waals surface area contributed by atoms with Crippen molar-refractivity contribution in [2.45, 2.75) is 20.4 Å². The Hall–Kier alpha value is -3.26. The molecule has 1 aromatic heterocycles. The number of aromatic nitrogens is 2. The third-order valence-corrected chi connectivity index (χ3v) is 4.38. The molecule has 30 heavy (non-hydrogen) atoms. The number of thiocarbonyl (C=S) groups is 1. The molecule has 8 heteroatoms. The molecule has 0 amide bonds. The van der Waals surface area contributed by atoms with E-state index in [1.807, 2.05) is 67.2 Å². The van der Waals surface area contributed by atoms with E-state index in [2.05, 4.69) is 15.7 Å². The molecule has 0 atom stereocenters. The Labute approximate surface area is 182 Å². The van der Waals surface area contributed by atoms with E-state index >= 15 is 0 Å². The second kappa shape index (κ2) is 10.5. The maximum atomic E-state index is 5.70. The quantitative estimate of drug-likeness (QED) is 0.487. The molecular weight excluding hydrogens is 400 g/mol. The van der Waals surface area contributed by atoms with Gasteiger partial charge in [-0.05, 0) is 55.9 Å². The summed E-state index contributed by atoms with van der Waals surface area (Å²) in [6.45, 7) is 5.68. The fraction of sp³-hybridized carbons (Fsp3) is 0.273. The lowest BCUT2D eigenvalue weighted by molar-refractivity contribution is 0.287. The van der Waals surface area contributed by atoms with Crippen molar-refractivity contribution < 1.29 is 14.2 Å². The normalized spacial score (nSPS) is 10.4. The Balaban J connectivity index is 1.62. The van der Waals surface area contributed by atoms with Gasteiger partial charge in [-0.2, -0.15) is 5.10 Å². The van der Waals surface area contributed by atoms with E-state index in [1.54, 1.807) is 13.3 Å². The van der Waals surface area contributed by atoms with Crippen LogP contribution >= 0.6 is 12.2 Å². The maximum Gasteiger partial charge on any atom is 0.175 e. The first-order chi connectivity index (χ1) is 14.6. The van der Waals surface area contributed by atoms with Crippen LogP contribution in [0.15, 0.2) is 54.9 Å². The average Bonchev–Trinajstić information content (AvgIpc) is 3.17. The molecule has 0 aliphatic rings. The molecule has 0 fully saturated rings. The molecule has 0 aliphatic heterocycles. The zero-order chi connectivity index (χ0) is 21.3. The van der Waals surface area contributed by atoms with Crippen molar-refractivity contribution in [3.8, 4) is 17.2 Å². The number of rotatable bonds is 9. The highest BCUT2D eigenvalue weighted by Crippen LogP contribution is 2.29. The summed E-state index contributed by atoms with van der Waals surface area (Å²) >= 11 is 5.39. The summed E-state index contributed by atoms with van der Waals surface area (Å²) in [5.41, 5.74) is 2.71. The third kappa shape index (κ3) is 5.87. The fourth-order valence-electron chi connectivity index (χ4n) is 2.89. The minimum atomic E-state index is 0.475. The Morgan fingerprint density at radius 3 is 2.53 bits per heavy atom. The standard InChI is InChI=1S/C22H26N4O3S/c1-4-28-20-10-9-16(11-21(20)29-5-2)14-26-15-18(13-23-26)25-22(30)24-17-7-6-8-19(12-17)27-3/h6-13,15H,4-5,14H2,1-3H3,(H2,24,25,30). The lowest BCUT2D eigenvalue weighted by Crippen LogP contribution is -2.18. The fourth-order valence-corrected chi connectivity index (χ4v) is 3.13. The summed E-state index contributed by atoms with van der Waals surface area (Å²) < 4.78 is 18.4. The predicted octanol–water partition coefficient (Wildman–Crippen LogP) is 4.55. The van der Waals surface area contributed by atoms with Crippen LogP contribution in [-0.4, -0.2) is 35.2 Å². The van der Waals surface area contributed by atoms with Crippen LogP contribution in [0.3, 0.4) is 0 Å². The Bertz CT molecular complexity index is 990. The molecule has 0 saturated heterocycles. The van der Waals surface area contributed by atoms with Gasteiger partial charge in [0.15, 0.2) is 16.6 Å². The summed E-state index contributed by atoms with van der Waals surface area (Å²) in [6.07, 6.45) is 3.63. The molecule has 3 rings (SSSR count). The van der Waals surface area contributed by atoms with Gasteiger partial charge in [0.25, 0.3) is 0 Å². The summed E-state index contributed by atoms with van der Waals surface area (Å²) in [6, 6.07) is 13.5. The summed E-state index contributed by atoms with van der Waals surface area (Å²) in [7, 11) is 1.63. The van der Waals surface area contributed by atoms with E-state index < -0.39 is 0 Å². The van der Waals surface area contributed by atoms with Crippen LogP contribution in [0.2, 0.25) is 0 Å². The second-order valence-electron chi connectivity index (χ2n) is 6.38. The van der Waals surface area contributed by atoms with E-state index in [9.17, 15) is 0 Å². The zero-order valence-electron chi connectivity index (χ0n) is 17.3. The van der Waals surface area contributed by atoms with Gasteiger partial charge in [0, 0.05) is 18.0 Å². The molecule has 3 aromatic rings. The van der Waals surface area contributed by atoms with Gasteiger partial charge in [-0.15, -0.1) is 0 Å². The van der Waals surface area contributed by atoms with Crippen molar-refractivity contribution in [3.05, 3.63) is 60.4 Å². The number of nitrogens with zero attached hydrogens (tertiary/aromatic N) is 2. The molecule has 0 saturated carbocycles. The maximum absolute atomic E-state index is 5.70. The Morgan fingerprint density at radius 2 is 1.77 bits per heavy atom. The minimum absolute atomic E-state index is 0.475. The number of methoxy groups -OCH3 is 1. The number of anilines is 2. The molecule has 0 unspecified atom stereocenters. The minimum Gasteiger partial charge on any atom is -0.497 e. The van der Waals surface area contributed by atoms with Crippen LogP contribution in [-0.2, 0) is 6.54 Å². The van der Waals surface area contributed by atoms with Crippen LogP contribution in [0.25, 0.3) is 0 Å². The third-order valence-electron chi connectivity index (χ3n) is 4.17. The van der Waals surface area contributed by atoms with Crippen LogP contribution in [0.4, 0.5) is 11.4 Å². The monoisotopic (exact) mass is 426 g/mol.